The first-order chi connectivity index (χ1) is 7.22. The number of pyridine rings is 1. The fourth-order valence-electron chi connectivity index (χ4n) is 2.12. The van der Waals surface area contributed by atoms with Crippen molar-refractivity contribution in [2.75, 3.05) is 20.1 Å². The van der Waals surface area contributed by atoms with Crippen molar-refractivity contribution >= 4 is 0 Å². The third-order valence-corrected chi connectivity index (χ3v) is 3.27. The van der Waals surface area contributed by atoms with Gasteiger partial charge in [0.05, 0.1) is 5.69 Å². The SMILES string of the molecule is CNC1(C)CCN(Cc2ccccn2)C1. The number of likely N-dealkylation sites (N-methyl/N-ethyl adjacent to an activating group) is 1. The van der Waals surface area contributed by atoms with Crippen LogP contribution < -0.4 is 5.32 Å². The Morgan fingerprint density at radius 1 is 1.53 bits per heavy atom. The van der Waals surface area contributed by atoms with E-state index in [9.17, 15) is 0 Å². The molecule has 1 N–H and O–H groups in total. The van der Waals surface area contributed by atoms with Gasteiger partial charge in [0, 0.05) is 31.4 Å². The normalized spacial score (nSPS) is 27.1. The molecule has 1 unspecified atom stereocenters. The molecule has 1 aromatic heterocycles. The van der Waals surface area contributed by atoms with Gasteiger partial charge in [0.25, 0.3) is 0 Å². The third kappa shape index (κ3) is 2.55. The number of nitrogens with one attached hydrogen (secondary N) is 1. The molecule has 15 heavy (non-hydrogen) atoms. The second-order valence-corrected chi connectivity index (χ2v) is 4.59. The maximum absolute atomic E-state index is 4.35. The van der Waals surface area contributed by atoms with E-state index in [-0.39, 0.29) is 5.54 Å². The molecule has 0 aliphatic carbocycles. The summed E-state index contributed by atoms with van der Waals surface area (Å²) in [4.78, 5) is 6.81. The first-order valence-electron chi connectivity index (χ1n) is 5.53. The van der Waals surface area contributed by atoms with E-state index in [4.69, 9.17) is 0 Å². The van der Waals surface area contributed by atoms with E-state index in [2.05, 4.69) is 34.3 Å². The number of hydrogen-bond donors (Lipinski definition) is 1. The predicted molar refractivity (Wildman–Crippen MR) is 61.6 cm³/mol. The fraction of sp³-hybridized carbons (Fsp3) is 0.583. The average Bonchev–Trinajstić information content (AvgIpc) is 2.63. The molecule has 1 aromatic rings. The number of hydrogen-bond acceptors (Lipinski definition) is 3. The van der Waals surface area contributed by atoms with E-state index in [0.717, 1.165) is 25.3 Å². The van der Waals surface area contributed by atoms with Gasteiger partial charge in [-0.2, -0.15) is 0 Å². The van der Waals surface area contributed by atoms with Crippen molar-refractivity contribution in [2.24, 2.45) is 0 Å². The molecule has 1 fully saturated rings. The lowest BCUT2D eigenvalue weighted by atomic mass is 10.0. The molecular weight excluding hydrogens is 186 g/mol. The van der Waals surface area contributed by atoms with Gasteiger partial charge in [-0.1, -0.05) is 6.07 Å². The Bertz CT molecular complexity index is 312. The largest absolute Gasteiger partial charge is 0.313 e. The second-order valence-electron chi connectivity index (χ2n) is 4.59. The Morgan fingerprint density at radius 3 is 3.00 bits per heavy atom. The van der Waals surface area contributed by atoms with Crippen LogP contribution >= 0.6 is 0 Å². The van der Waals surface area contributed by atoms with Crippen molar-refractivity contribution in [3.63, 3.8) is 0 Å². The molecule has 0 spiro atoms. The van der Waals surface area contributed by atoms with Crippen LogP contribution in [-0.2, 0) is 6.54 Å². The summed E-state index contributed by atoms with van der Waals surface area (Å²) in [5.74, 6) is 0. The molecule has 82 valence electrons. The summed E-state index contributed by atoms with van der Waals surface area (Å²) in [6, 6.07) is 6.11. The Hall–Kier alpha value is -0.930. The molecule has 2 rings (SSSR count). The molecular formula is C12H19N3. The van der Waals surface area contributed by atoms with Crippen LogP contribution in [0.25, 0.3) is 0 Å². The Kier molecular flexibility index (Phi) is 3.03. The van der Waals surface area contributed by atoms with Gasteiger partial charge in [-0.3, -0.25) is 9.88 Å². The summed E-state index contributed by atoms with van der Waals surface area (Å²) in [6.07, 6.45) is 3.08. The lowest BCUT2D eigenvalue weighted by molar-refractivity contribution is 0.291. The van der Waals surface area contributed by atoms with Gasteiger partial charge in [-0.05, 0) is 32.5 Å². The first-order valence-corrected chi connectivity index (χ1v) is 5.53. The van der Waals surface area contributed by atoms with E-state index < -0.39 is 0 Å². The number of rotatable bonds is 3. The molecule has 1 aliphatic heterocycles. The topological polar surface area (TPSA) is 28.2 Å². The summed E-state index contributed by atoms with van der Waals surface area (Å²) >= 11 is 0. The molecule has 0 amide bonds. The van der Waals surface area contributed by atoms with Crippen molar-refractivity contribution in [3.8, 4) is 0 Å². The van der Waals surface area contributed by atoms with E-state index in [1.807, 2.05) is 19.3 Å². The van der Waals surface area contributed by atoms with Crippen molar-refractivity contribution in [2.45, 2.75) is 25.4 Å². The van der Waals surface area contributed by atoms with E-state index in [0.29, 0.717) is 0 Å². The quantitative estimate of drug-likeness (QED) is 0.805. The zero-order valence-electron chi connectivity index (χ0n) is 9.53. The number of likely N-dealkylation sites (tertiary alicyclic amines) is 1. The molecule has 0 aromatic carbocycles. The Morgan fingerprint density at radius 2 is 2.40 bits per heavy atom. The van der Waals surface area contributed by atoms with Crippen molar-refractivity contribution in [3.05, 3.63) is 30.1 Å². The van der Waals surface area contributed by atoms with Gasteiger partial charge < -0.3 is 5.32 Å². The standard InChI is InChI=1S/C12H19N3/c1-12(13-2)6-8-15(10-12)9-11-5-3-4-7-14-11/h3-5,7,13H,6,8-10H2,1-2H3. The van der Waals surface area contributed by atoms with Crippen molar-refractivity contribution < 1.29 is 0 Å². The van der Waals surface area contributed by atoms with Gasteiger partial charge in [0.2, 0.25) is 0 Å². The number of aromatic nitrogens is 1. The minimum absolute atomic E-state index is 0.286. The summed E-state index contributed by atoms with van der Waals surface area (Å²) in [5.41, 5.74) is 1.45. The highest BCUT2D eigenvalue weighted by Crippen LogP contribution is 2.21. The highest BCUT2D eigenvalue weighted by molar-refractivity contribution is 5.04. The van der Waals surface area contributed by atoms with Crippen LogP contribution in [-0.4, -0.2) is 35.6 Å². The highest BCUT2D eigenvalue weighted by Gasteiger charge is 2.31. The maximum atomic E-state index is 4.35. The smallest absolute Gasteiger partial charge is 0.0543 e. The van der Waals surface area contributed by atoms with Gasteiger partial charge in [-0.15, -0.1) is 0 Å². The lowest BCUT2D eigenvalue weighted by Gasteiger charge is -2.23. The third-order valence-electron chi connectivity index (χ3n) is 3.27. The van der Waals surface area contributed by atoms with Crippen molar-refractivity contribution in [1.29, 1.82) is 0 Å². The highest BCUT2D eigenvalue weighted by atomic mass is 15.2. The molecule has 3 heteroatoms. The van der Waals surface area contributed by atoms with E-state index in [1.54, 1.807) is 0 Å². The van der Waals surface area contributed by atoms with Gasteiger partial charge >= 0.3 is 0 Å². The van der Waals surface area contributed by atoms with Crippen LogP contribution in [0.1, 0.15) is 19.0 Å². The molecule has 0 saturated carbocycles. The van der Waals surface area contributed by atoms with Crippen LogP contribution in [0.2, 0.25) is 0 Å². The molecule has 1 aliphatic rings. The molecule has 0 radical (unpaired) electrons. The fourth-order valence-corrected chi connectivity index (χ4v) is 2.12. The van der Waals surface area contributed by atoms with Crippen LogP contribution in [0.4, 0.5) is 0 Å². The van der Waals surface area contributed by atoms with E-state index >= 15 is 0 Å². The summed E-state index contributed by atoms with van der Waals surface area (Å²) in [6.45, 7) is 5.53. The average molecular weight is 205 g/mol. The maximum Gasteiger partial charge on any atom is 0.0543 e. The summed E-state index contributed by atoms with van der Waals surface area (Å²) in [5, 5.41) is 3.39. The zero-order valence-corrected chi connectivity index (χ0v) is 9.53. The molecule has 3 nitrogen and oxygen atoms in total. The van der Waals surface area contributed by atoms with Crippen LogP contribution in [0, 0.1) is 0 Å². The lowest BCUT2D eigenvalue weighted by Crippen LogP contribution is -2.42. The van der Waals surface area contributed by atoms with Gasteiger partial charge in [0.15, 0.2) is 0 Å². The Balaban J connectivity index is 1.93. The summed E-state index contributed by atoms with van der Waals surface area (Å²) < 4.78 is 0. The zero-order chi connectivity index (χ0) is 10.7. The predicted octanol–water partition coefficient (Wildman–Crippen LogP) is 1.27. The van der Waals surface area contributed by atoms with Crippen LogP contribution in [0.5, 0.6) is 0 Å². The number of nitrogens with zero attached hydrogens (tertiary/aromatic N) is 2. The molecule has 1 saturated heterocycles. The van der Waals surface area contributed by atoms with Gasteiger partial charge in [-0.25, -0.2) is 0 Å². The molecule has 0 bridgehead atoms. The minimum atomic E-state index is 0.286. The Labute approximate surface area is 91.5 Å². The molecule has 2 heterocycles. The monoisotopic (exact) mass is 205 g/mol. The second kappa shape index (κ2) is 4.29. The summed E-state index contributed by atoms with van der Waals surface area (Å²) in [7, 11) is 2.05. The first kappa shape index (κ1) is 10.6. The van der Waals surface area contributed by atoms with Crippen molar-refractivity contribution in [1.82, 2.24) is 15.2 Å². The van der Waals surface area contributed by atoms with Crippen LogP contribution in [0.15, 0.2) is 24.4 Å². The molecule has 1 atom stereocenters. The van der Waals surface area contributed by atoms with E-state index in [1.165, 1.54) is 6.42 Å². The van der Waals surface area contributed by atoms with Crippen LogP contribution in [0.3, 0.4) is 0 Å². The minimum Gasteiger partial charge on any atom is -0.313 e. The van der Waals surface area contributed by atoms with Gasteiger partial charge in [0.1, 0.15) is 0 Å².